The first-order chi connectivity index (χ1) is 11.8. The first-order valence-electron chi connectivity index (χ1n) is 8.73. The number of fused-ring (bicyclic) bond motifs is 1. The van der Waals surface area contributed by atoms with Gasteiger partial charge in [0.15, 0.2) is 0 Å². The molecule has 0 atom stereocenters. The van der Waals surface area contributed by atoms with Crippen molar-refractivity contribution in [1.29, 1.82) is 0 Å². The van der Waals surface area contributed by atoms with Crippen molar-refractivity contribution in [3.05, 3.63) is 44.9 Å². The van der Waals surface area contributed by atoms with Crippen LogP contribution in [0.5, 0.6) is 0 Å². The second kappa shape index (κ2) is 6.46. The quantitative estimate of drug-likeness (QED) is 0.846. The van der Waals surface area contributed by atoms with Crippen LogP contribution in [0.2, 0.25) is 0 Å². The molecule has 25 heavy (non-hydrogen) atoms. The molecule has 1 aliphatic heterocycles. The Morgan fingerprint density at radius 2 is 2.04 bits per heavy atom. The topological polar surface area (TPSA) is 73.0 Å². The fourth-order valence-electron chi connectivity index (χ4n) is 3.23. The molecular formula is C18H25N5O2. The summed E-state index contributed by atoms with van der Waals surface area (Å²) in [5.74, 6) is 1.05. The van der Waals surface area contributed by atoms with Gasteiger partial charge in [-0.2, -0.15) is 5.10 Å². The van der Waals surface area contributed by atoms with Crippen molar-refractivity contribution in [2.24, 2.45) is 13.0 Å². The average Bonchev–Trinajstić information content (AvgIpc) is 3.15. The first kappa shape index (κ1) is 17.4. The number of aromatic nitrogens is 4. The predicted octanol–water partition coefficient (Wildman–Crippen LogP) is 1.66. The molecular weight excluding hydrogens is 318 g/mol. The number of hydrogen-bond donors (Lipinski definition) is 0. The summed E-state index contributed by atoms with van der Waals surface area (Å²) >= 11 is 0. The van der Waals surface area contributed by atoms with E-state index in [0.29, 0.717) is 48.3 Å². The van der Waals surface area contributed by atoms with Gasteiger partial charge in [0.25, 0.3) is 11.5 Å². The summed E-state index contributed by atoms with van der Waals surface area (Å²) in [6.07, 6.45) is 0.842. The Kier molecular flexibility index (Phi) is 4.49. The van der Waals surface area contributed by atoms with Gasteiger partial charge in [0, 0.05) is 13.6 Å². The standard InChI is InChI=1S/C18H25N5O2/c1-6-23-16(8-13(20-23)7-11(2)3)18(25)22-9-14-15(10-22)19-12(4)21(5)17(14)24/h8,11H,6-7,9-10H2,1-5H3. The molecule has 0 N–H and O–H groups in total. The Morgan fingerprint density at radius 1 is 1.32 bits per heavy atom. The normalized spacial score (nSPS) is 13.6. The number of carbonyl (C=O) groups excluding carboxylic acids is 1. The van der Waals surface area contributed by atoms with Crippen LogP contribution in [-0.4, -0.2) is 30.1 Å². The van der Waals surface area contributed by atoms with Crippen LogP contribution in [0.4, 0.5) is 0 Å². The third kappa shape index (κ3) is 3.10. The Hall–Kier alpha value is -2.44. The SMILES string of the molecule is CCn1nc(CC(C)C)cc1C(=O)N1Cc2nc(C)n(C)c(=O)c2C1. The average molecular weight is 343 g/mol. The van der Waals surface area contributed by atoms with Crippen molar-refractivity contribution in [3.8, 4) is 0 Å². The second-order valence-corrected chi connectivity index (χ2v) is 7.04. The minimum absolute atomic E-state index is 0.0673. The van der Waals surface area contributed by atoms with Gasteiger partial charge in [-0.25, -0.2) is 4.98 Å². The van der Waals surface area contributed by atoms with E-state index in [1.54, 1.807) is 23.6 Å². The highest BCUT2D eigenvalue weighted by Gasteiger charge is 2.30. The molecule has 7 heteroatoms. The third-order valence-corrected chi connectivity index (χ3v) is 4.64. The molecule has 3 rings (SSSR count). The molecule has 0 saturated heterocycles. The molecule has 1 aliphatic rings. The molecule has 7 nitrogen and oxygen atoms in total. The van der Waals surface area contributed by atoms with Crippen molar-refractivity contribution in [3.63, 3.8) is 0 Å². The summed E-state index contributed by atoms with van der Waals surface area (Å²) in [6.45, 7) is 9.36. The molecule has 0 radical (unpaired) electrons. The summed E-state index contributed by atoms with van der Waals surface area (Å²) in [7, 11) is 1.71. The van der Waals surface area contributed by atoms with Crippen molar-refractivity contribution < 1.29 is 4.79 Å². The highest BCUT2D eigenvalue weighted by molar-refractivity contribution is 5.93. The van der Waals surface area contributed by atoms with Gasteiger partial charge in [0.05, 0.1) is 30.0 Å². The van der Waals surface area contributed by atoms with Gasteiger partial charge in [-0.05, 0) is 32.3 Å². The summed E-state index contributed by atoms with van der Waals surface area (Å²) in [4.78, 5) is 31.6. The van der Waals surface area contributed by atoms with Gasteiger partial charge in [-0.3, -0.25) is 18.8 Å². The van der Waals surface area contributed by atoms with Crippen molar-refractivity contribution in [1.82, 2.24) is 24.2 Å². The molecule has 1 amide bonds. The van der Waals surface area contributed by atoms with Crippen LogP contribution in [0, 0.1) is 12.8 Å². The van der Waals surface area contributed by atoms with Crippen LogP contribution in [0.25, 0.3) is 0 Å². The number of hydrogen-bond acceptors (Lipinski definition) is 4. The lowest BCUT2D eigenvalue weighted by Gasteiger charge is -2.15. The van der Waals surface area contributed by atoms with E-state index in [0.717, 1.165) is 12.1 Å². The van der Waals surface area contributed by atoms with E-state index < -0.39 is 0 Å². The van der Waals surface area contributed by atoms with Crippen LogP contribution in [0.3, 0.4) is 0 Å². The third-order valence-electron chi connectivity index (χ3n) is 4.64. The number of amides is 1. The Balaban J connectivity index is 1.89. The highest BCUT2D eigenvalue weighted by Crippen LogP contribution is 2.21. The van der Waals surface area contributed by atoms with E-state index in [-0.39, 0.29) is 11.5 Å². The lowest BCUT2D eigenvalue weighted by atomic mass is 10.1. The number of rotatable bonds is 4. The van der Waals surface area contributed by atoms with Gasteiger partial charge in [-0.15, -0.1) is 0 Å². The Bertz CT molecular complexity index is 878. The lowest BCUT2D eigenvalue weighted by Crippen LogP contribution is -2.29. The van der Waals surface area contributed by atoms with Gasteiger partial charge >= 0.3 is 0 Å². The zero-order valence-corrected chi connectivity index (χ0v) is 15.5. The van der Waals surface area contributed by atoms with Gasteiger partial charge in [0.2, 0.25) is 0 Å². The molecule has 0 bridgehead atoms. The summed E-state index contributed by atoms with van der Waals surface area (Å²) in [6, 6.07) is 1.88. The Labute approximate surface area is 147 Å². The maximum Gasteiger partial charge on any atom is 0.272 e. The molecule has 0 aromatic carbocycles. The largest absolute Gasteiger partial charge is 0.327 e. The van der Waals surface area contributed by atoms with E-state index in [4.69, 9.17) is 0 Å². The fourth-order valence-corrected chi connectivity index (χ4v) is 3.23. The van der Waals surface area contributed by atoms with E-state index in [1.807, 2.05) is 13.0 Å². The Morgan fingerprint density at radius 3 is 2.68 bits per heavy atom. The monoisotopic (exact) mass is 343 g/mol. The molecule has 2 aromatic rings. The van der Waals surface area contributed by atoms with Crippen LogP contribution in [-0.2, 0) is 33.1 Å². The molecule has 0 spiro atoms. The van der Waals surface area contributed by atoms with E-state index in [9.17, 15) is 9.59 Å². The van der Waals surface area contributed by atoms with E-state index >= 15 is 0 Å². The van der Waals surface area contributed by atoms with E-state index in [1.165, 1.54) is 4.57 Å². The van der Waals surface area contributed by atoms with Gasteiger partial charge in [0.1, 0.15) is 11.5 Å². The summed E-state index contributed by atoms with van der Waals surface area (Å²) < 4.78 is 3.28. The van der Waals surface area contributed by atoms with Crippen molar-refractivity contribution in [2.45, 2.75) is 53.8 Å². The molecule has 3 heterocycles. The molecule has 2 aromatic heterocycles. The maximum absolute atomic E-state index is 13.0. The van der Waals surface area contributed by atoms with Crippen LogP contribution in [0.15, 0.2) is 10.9 Å². The lowest BCUT2D eigenvalue weighted by molar-refractivity contribution is 0.0737. The highest BCUT2D eigenvalue weighted by atomic mass is 16.2. The van der Waals surface area contributed by atoms with Crippen molar-refractivity contribution >= 4 is 5.91 Å². The number of carbonyl (C=O) groups is 1. The maximum atomic E-state index is 13.0. The van der Waals surface area contributed by atoms with E-state index in [2.05, 4.69) is 23.9 Å². The van der Waals surface area contributed by atoms with Gasteiger partial charge < -0.3 is 4.90 Å². The molecule has 134 valence electrons. The van der Waals surface area contributed by atoms with Crippen LogP contribution in [0.1, 0.15) is 54.0 Å². The van der Waals surface area contributed by atoms with Crippen LogP contribution >= 0.6 is 0 Å². The molecule has 0 aliphatic carbocycles. The smallest absolute Gasteiger partial charge is 0.272 e. The van der Waals surface area contributed by atoms with Crippen LogP contribution < -0.4 is 5.56 Å². The molecule has 0 unspecified atom stereocenters. The molecule has 0 saturated carbocycles. The minimum atomic E-state index is -0.0953. The van der Waals surface area contributed by atoms with Gasteiger partial charge in [-0.1, -0.05) is 13.8 Å². The van der Waals surface area contributed by atoms with Crippen molar-refractivity contribution in [2.75, 3.05) is 0 Å². The fraction of sp³-hybridized carbons (Fsp3) is 0.556. The minimum Gasteiger partial charge on any atom is -0.327 e. The second-order valence-electron chi connectivity index (χ2n) is 7.04. The summed E-state index contributed by atoms with van der Waals surface area (Å²) in [5, 5.41) is 4.54. The number of nitrogens with zero attached hydrogens (tertiary/aromatic N) is 5. The predicted molar refractivity (Wildman–Crippen MR) is 94.2 cm³/mol. The zero-order chi connectivity index (χ0) is 18.3. The first-order valence-corrected chi connectivity index (χ1v) is 8.73. The molecule has 0 fully saturated rings. The summed E-state index contributed by atoms with van der Waals surface area (Å²) in [5.41, 5.74) is 2.77. The zero-order valence-electron chi connectivity index (χ0n) is 15.5. The number of aryl methyl sites for hydroxylation is 2.